The molecule has 0 amide bonds. The first-order valence-corrected chi connectivity index (χ1v) is 6.98. The normalized spacial score (nSPS) is 18.1. The highest BCUT2D eigenvalue weighted by Crippen LogP contribution is 2.28. The van der Waals surface area contributed by atoms with E-state index in [9.17, 15) is 0 Å². The van der Waals surface area contributed by atoms with E-state index in [4.69, 9.17) is 4.74 Å². The lowest BCUT2D eigenvalue weighted by molar-refractivity contribution is 0.241. The first-order valence-electron chi connectivity index (χ1n) is 6.98. The van der Waals surface area contributed by atoms with Gasteiger partial charge in [-0.25, -0.2) is 4.99 Å². The third-order valence-electron chi connectivity index (χ3n) is 2.94. The van der Waals surface area contributed by atoms with Gasteiger partial charge in [-0.2, -0.15) is 0 Å². The molecule has 0 saturated carbocycles. The Morgan fingerprint density at radius 3 is 2.89 bits per heavy atom. The lowest BCUT2D eigenvalue weighted by atomic mass is 10.1. The quantitative estimate of drug-likeness (QED) is 0.643. The molecular formula is C15H23N3O. The molecule has 0 aliphatic carbocycles. The number of ether oxygens (including phenoxy) is 1. The van der Waals surface area contributed by atoms with Crippen molar-refractivity contribution in [2.75, 3.05) is 13.1 Å². The maximum atomic E-state index is 5.88. The number of guanidine groups is 1. The molecule has 0 spiro atoms. The number of hydrogen-bond acceptors (Lipinski definition) is 2. The van der Waals surface area contributed by atoms with Crippen LogP contribution in [0.4, 0.5) is 0 Å². The van der Waals surface area contributed by atoms with Gasteiger partial charge in [0.15, 0.2) is 5.96 Å². The summed E-state index contributed by atoms with van der Waals surface area (Å²) in [7, 11) is 0. The molecule has 1 aromatic rings. The van der Waals surface area contributed by atoms with Crippen molar-refractivity contribution < 1.29 is 4.74 Å². The first-order chi connectivity index (χ1) is 9.19. The molecule has 1 aliphatic rings. The van der Waals surface area contributed by atoms with Crippen LogP contribution in [-0.2, 0) is 6.42 Å². The summed E-state index contributed by atoms with van der Waals surface area (Å²) in [5, 5.41) is 6.55. The number of aliphatic imine (C=N–C) groups is 1. The van der Waals surface area contributed by atoms with E-state index in [1.54, 1.807) is 0 Å². The minimum absolute atomic E-state index is 0.153. The third kappa shape index (κ3) is 3.88. The van der Waals surface area contributed by atoms with Crippen molar-refractivity contribution >= 4 is 5.96 Å². The lowest BCUT2D eigenvalue weighted by Gasteiger charge is -2.15. The summed E-state index contributed by atoms with van der Waals surface area (Å²) >= 11 is 0. The van der Waals surface area contributed by atoms with Gasteiger partial charge in [-0.05, 0) is 32.4 Å². The highest BCUT2D eigenvalue weighted by Gasteiger charge is 2.21. The van der Waals surface area contributed by atoms with Crippen molar-refractivity contribution in [2.45, 2.75) is 39.3 Å². The molecule has 1 heterocycles. The fourth-order valence-electron chi connectivity index (χ4n) is 2.14. The number of nitrogens with one attached hydrogen (secondary N) is 2. The molecule has 1 aromatic carbocycles. The van der Waals surface area contributed by atoms with Crippen molar-refractivity contribution in [3.05, 3.63) is 29.8 Å². The van der Waals surface area contributed by atoms with E-state index in [-0.39, 0.29) is 6.10 Å². The molecule has 1 atom stereocenters. The van der Waals surface area contributed by atoms with E-state index in [0.717, 1.165) is 24.7 Å². The van der Waals surface area contributed by atoms with Crippen LogP contribution in [-0.4, -0.2) is 31.2 Å². The molecule has 1 aliphatic heterocycles. The number of para-hydroxylation sites is 1. The third-order valence-corrected chi connectivity index (χ3v) is 2.94. The van der Waals surface area contributed by atoms with E-state index in [2.05, 4.69) is 48.5 Å². The second kappa shape index (κ2) is 6.45. The average Bonchev–Trinajstić information content (AvgIpc) is 2.78. The predicted molar refractivity (Wildman–Crippen MR) is 78.8 cm³/mol. The second-order valence-corrected chi connectivity index (χ2v) is 5.07. The smallest absolute Gasteiger partial charge is 0.191 e. The second-order valence-electron chi connectivity index (χ2n) is 5.07. The number of rotatable bonds is 4. The molecule has 1 unspecified atom stereocenters. The summed E-state index contributed by atoms with van der Waals surface area (Å²) in [5.74, 6) is 1.86. The van der Waals surface area contributed by atoms with Crippen LogP contribution in [0.5, 0.6) is 5.75 Å². The number of fused-ring (bicyclic) bond motifs is 1. The highest BCUT2D eigenvalue weighted by atomic mass is 16.5. The fourth-order valence-corrected chi connectivity index (χ4v) is 2.14. The van der Waals surface area contributed by atoms with Gasteiger partial charge in [0, 0.05) is 19.0 Å². The van der Waals surface area contributed by atoms with Gasteiger partial charge < -0.3 is 15.4 Å². The fraction of sp³-hybridized carbons (Fsp3) is 0.533. The Morgan fingerprint density at radius 2 is 2.21 bits per heavy atom. The van der Waals surface area contributed by atoms with Crippen LogP contribution in [0.3, 0.4) is 0 Å². The highest BCUT2D eigenvalue weighted by molar-refractivity contribution is 5.80. The molecular weight excluding hydrogens is 238 g/mol. The summed E-state index contributed by atoms with van der Waals surface area (Å²) in [6.45, 7) is 7.82. The molecule has 0 aromatic heterocycles. The topological polar surface area (TPSA) is 45.7 Å². The van der Waals surface area contributed by atoms with E-state index < -0.39 is 0 Å². The Morgan fingerprint density at radius 1 is 1.42 bits per heavy atom. The van der Waals surface area contributed by atoms with E-state index in [0.29, 0.717) is 12.6 Å². The van der Waals surface area contributed by atoms with Crippen molar-refractivity contribution in [3.8, 4) is 5.75 Å². The monoisotopic (exact) mass is 261 g/mol. The zero-order valence-electron chi connectivity index (χ0n) is 11.9. The Kier molecular flexibility index (Phi) is 4.66. The number of benzene rings is 1. The Labute approximate surface area is 115 Å². The van der Waals surface area contributed by atoms with Gasteiger partial charge in [-0.3, -0.25) is 0 Å². The van der Waals surface area contributed by atoms with Crippen LogP contribution in [0.1, 0.15) is 26.3 Å². The molecule has 2 N–H and O–H groups in total. The van der Waals surface area contributed by atoms with Gasteiger partial charge in [0.25, 0.3) is 0 Å². The van der Waals surface area contributed by atoms with Crippen molar-refractivity contribution in [1.82, 2.24) is 10.6 Å². The molecule has 0 fully saturated rings. The van der Waals surface area contributed by atoms with Crippen molar-refractivity contribution in [2.24, 2.45) is 4.99 Å². The summed E-state index contributed by atoms with van der Waals surface area (Å²) in [6.07, 6.45) is 1.10. The zero-order chi connectivity index (χ0) is 13.7. The Balaban J connectivity index is 1.91. The Bertz CT molecular complexity index is 418. The summed E-state index contributed by atoms with van der Waals surface area (Å²) in [5.41, 5.74) is 1.28. The minimum atomic E-state index is 0.153. The van der Waals surface area contributed by atoms with E-state index >= 15 is 0 Å². The van der Waals surface area contributed by atoms with Crippen LogP contribution in [0, 0.1) is 0 Å². The SMILES string of the molecule is CCNC(=NCC1Cc2ccccc2O1)NC(C)C. The predicted octanol–water partition coefficient (Wildman–Crippen LogP) is 1.95. The van der Waals surface area contributed by atoms with E-state index in [1.807, 2.05) is 12.1 Å². The van der Waals surface area contributed by atoms with Crippen molar-refractivity contribution in [3.63, 3.8) is 0 Å². The largest absolute Gasteiger partial charge is 0.488 e. The maximum Gasteiger partial charge on any atom is 0.191 e. The lowest BCUT2D eigenvalue weighted by Crippen LogP contribution is -2.41. The van der Waals surface area contributed by atoms with Gasteiger partial charge in [0.2, 0.25) is 0 Å². The van der Waals surface area contributed by atoms with Gasteiger partial charge in [0.05, 0.1) is 6.54 Å². The molecule has 19 heavy (non-hydrogen) atoms. The number of nitrogens with zero attached hydrogens (tertiary/aromatic N) is 1. The first kappa shape index (κ1) is 13.7. The van der Waals surface area contributed by atoms with Crippen LogP contribution in [0.2, 0.25) is 0 Å². The van der Waals surface area contributed by atoms with E-state index in [1.165, 1.54) is 5.56 Å². The molecule has 2 rings (SSSR count). The Hall–Kier alpha value is -1.71. The minimum Gasteiger partial charge on any atom is -0.488 e. The summed E-state index contributed by atoms with van der Waals surface area (Å²) < 4.78 is 5.88. The molecule has 4 nitrogen and oxygen atoms in total. The van der Waals surface area contributed by atoms with Gasteiger partial charge in [-0.15, -0.1) is 0 Å². The summed E-state index contributed by atoms with van der Waals surface area (Å²) in [6, 6.07) is 8.58. The molecule has 104 valence electrons. The molecule has 0 bridgehead atoms. The van der Waals surface area contributed by atoms with Crippen LogP contribution in [0.25, 0.3) is 0 Å². The molecule has 0 radical (unpaired) electrons. The van der Waals surface area contributed by atoms with Gasteiger partial charge >= 0.3 is 0 Å². The van der Waals surface area contributed by atoms with Gasteiger partial charge in [0.1, 0.15) is 11.9 Å². The number of hydrogen-bond donors (Lipinski definition) is 2. The van der Waals surface area contributed by atoms with Crippen LogP contribution >= 0.6 is 0 Å². The molecule has 0 saturated heterocycles. The van der Waals surface area contributed by atoms with Crippen molar-refractivity contribution in [1.29, 1.82) is 0 Å². The molecule has 4 heteroatoms. The zero-order valence-corrected chi connectivity index (χ0v) is 11.9. The average molecular weight is 261 g/mol. The maximum absolute atomic E-state index is 5.88. The standard InChI is InChI=1S/C15H23N3O/c1-4-16-15(18-11(2)3)17-10-13-9-12-7-5-6-8-14(12)19-13/h5-8,11,13H,4,9-10H2,1-3H3,(H2,16,17,18). The van der Waals surface area contributed by atoms with Crippen LogP contribution in [0.15, 0.2) is 29.3 Å². The van der Waals surface area contributed by atoms with Gasteiger partial charge in [-0.1, -0.05) is 18.2 Å². The summed E-state index contributed by atoms with van der Waals surface area (Å²) in [4.78, 5) is 4.59. The van der Waals surface area contributed by atoms with Crippen LogP contribution < -0.4 is 15.4 Å².